The Morgan fingerprint density at radius 2 is 2.14 bits per heavy atom. The summed E-state index contributed by atoms with van der Waals surface area (Å²) in [7, 11) is 0. The molecular formula is C16H20ClN3O2. The molecule has 1 atom stereocenters. The number of piperidine rings is 1. The Morgan fingerprint density at radius 1 is 1.32 bits per heavy atom. The van der Waals surface area contributed by atoms with Gasteiger partial charge in [0.25, 0.3) is 0 Å². The van der Waals surface area contributed by atoms with Gasteiger partial charge in [0, 0.05) is 30.1 Å². The number of amides is 1. The van der Waals surface area contributed by atoms with E-state index >= 15 is 0 Å². The molecule has 1 fully saturated rings. The minimum absolute atomic E-state index is 0. The highest BCUT2D eigenvalue weighted by molar-refractivity contribution is 5.85. The van der Waals surface area contributed by atoms with Crippen LogP contribution in [0.5, 0.6) is 0 Å². The van der Waals surface area contributed by atoms with Gasteiger partial charge in [0.15, 0.2) is 0 Å². The van der Waals surface area contributed by atoms with Gasteiger partial charge in [-0.2, -0.15) is 0 Å². The normalized spacial score (nSPS) is 17.7. The molecule has 1 aliphatic heterocycles. The number of aromatic amines is 1. The molecule has 0 aliphatic carbocycles. The number of carbonyl (C=O) groups is 1. The molecular weight excluding hydrogens is 302 g/mol. The Hall–Kier alpha value is -1.85. The van der Waals surface area contributed by atoms with Crippen LogP contribution in [-0.4, -0.2) is 24.0 Å². The van der Waals surface area contributed by atoms with Crippen molar-refractivity contribution in [2.24, 2.45) is 5.92 Å². The molecule has 3 rings (SSSR count). The van der Waals surface area contributed by atoms with Crippen LogP contribution in [0, 0.1) is 5.92 Å². The molecule has 1 unspecified atom stereocenters. The topological polar surface area (TPSA) is 74.0 Å². The van der Waals surface area contributed by atoms with Crippen molar-refractivity contribution in [3.05, 3.63) is 46.2 Å². The standard InChI is InChI=1S/C16H19N3O2.ClH/c20-15-8-12(13-5-1-2-6-14(13)19-15)10-18-16(21)11-4-3-7-17-9-11;/h1-2,5-6,8,11,17H,3-4,7,9-10H2,(H,18,21)(H,19,20);1H. The Labute approximate surface area is 134 Å². The van der Waals surface area contributed by atoms with Crippen LogP contribution in [-0.2, 0) is 11.3 Å². The number of pyridine rings is 1. The summed E-state index contributed by atoms with van der Waals surface area (Å²) in [6.45, 7) is 2.12. The number of rotatable bonds is 3. The molecule has 1 saturated heterocycles. The van der Waals surface area contributed by atoms with E-state index in [4.69, 9.17) is 0 Å². The first-order valence-corrected chi connectivity index (χ1v) is 7.33. The van der Waals surface area contributed by atoms with Crippen LogP contribution >= 0.6 is 12.4 Å². The Bertz CT molecular complexity index is 708. The number of H-pyrrole nitrogens is 1. The van der Waals surface area contributed by atoms with Crippen LogP contribution in [0.2, 0.25) is 0 Å². The monoisotopic (exact) mass is 321 g/mol. The lowest BCUT2D eigenvalue weighted by atomic mass is 9.98. The van der Waals surface area contributed by atoms with Gasteiger partial charge in [-0.15, -0.1) is 12.4 Å². The number of hydrogen-bond donors (Lipinski definition) is 3. The predicted molar refractivity (Wildman–Crippen MR) is 89.3 cm³/mol. The van der Waals surface area contributed by atoms with E-state index in [-0.39, 0.29) is 29.8 Å². The lowest BCUT2D eigenvalue weighted by Crippen LogP contribution is -2.40. The van der Waals surface area contributed by atoms with E-state index in [2.05, 4.69) is 15.6 Å². The summed E-state index contributed by atoms with van der Waals surface area (Å²) in [6.07, 6.45) is 1.96. The van der Waals surface area contributed by atoms with Gasteiger partial charge in [0.2, 0.25) is 11.5 Å². The molecule has 0 saturated carbocycles. The van der Waals surface area contributed by atoms with Gasteiger partial charge in [-0.25, -0.2) is 0 Å². The number of carbonyl (C=O) groups excluding carboxylic acids is 1. The third-order valence-corrected chi connectivity index (χ3v) is 3.96. The molecule has 2 heterocycles. The third kappa shape index (κ3) is 3.67. The summed E-state index contributed by atoms with van der Waals surface area (Å²) in [5.41, 5.74) is 1.51. The highest BCUT2D eigenvalue weighted by atomic mass is 35.5. The van der Waals surface area contributed by atoms with Crippen molar-refractivity contribution in [3.63, 3.8) is 0 Å². The van der Waals surface area contributed by atoms with Gasteiger partial charge >= 0.3 is 0 Å². The van der Waals surface area contributed by atoms with Crippen molar-refractivity contribution in [1.29, 1.82) is 0 Å². The fraction of sp³-hybridized carbons (Fsp3) is 0.375. The van der Waals surface area contributed by atoms with E-state index in [1.807, 2.05) is 24.3 Å². The molecule has 3 N–H and O–H groups in total. The predicted octanol–water partition coefficient (Wildman–Crippen LogP) is 1.57. The van der Waals surface area contributed by atoms with E-state index < -0.39 is 0 Å². The molecule has 22 heavy (non-hydrogen) atoms. The summed E-state index contributed by atoms with van der Waals surface area (Å²) in [6, 6.07) is 9.19. The van der Waals surface area contributed by atoms with Crippen LogP contribution in [0.4, 0.5) is 0 Å². The number of benzene rings is 1. The first kappa shape index (κ1) is 16.5. The van der Waals surface area contributed by atoms with Gasteiger partial charge in [-0.05, 0) is 31.0 Å². The summed E-state index contributed by atoms with van der Waals surface area (Å²) in [4.78, 5) is 26.6. The molecule has 1 aliphatic rings. The van der Waals surface area contributed by atoms with Crippen molar-refractivity contribution in [2.45, 2.75) is 19.4 Å². The fourth-order valence-corrected chi connectivity index (χ4v) is 2.83. The summed E-state index contributed by atoms with van der Waals surface area (Å²) in [5, 5.41) is 7.16. The van der Waals surface area contributed by atoms with Crippen LogP contribution < -0.4 is 16.2 Å². The van der Waals surface area contributed by atoms with Crippen molar-refractivity contribution in [3.8, 4) is 0 Å². The molecule has 0 spiro atoms. The Balaban J connectivity index is 0.00000176. The Morgan fingerprint density at radius 3 is 2.91 bits per heavy atom. The van der Waals surface area contributed by atoms with Crippen molar-refractivity contribution in [1.82, 2.24) is 15.6 Å². The minimum atomic E-state index is -0.141. The highest BCUT2D eigenvalue weighted by Gasteiger charge is 2.20. The number of hydrogen-bond acceptors (Lipinski definition) is 3. The second kappa shape index (κ2) is 7.42. The van der Waals surface area contributed by atoms with Gasteiger partial charge in [0.1, 0.15) is 0 Å². The summed E-state index contributed by atoms with van der Waals surface area (Å²) < 4.78 is 0. The quantitative estimate of drug-likeness (QED) is 0.803. The maximum absolute atomic E-state index is 12.2. The van der Waals surface area contributed by atoms with E-state index in [9.17, 15) is 9.59 Å². The molecule has 5 nitrogen and oxygen atoms in total. The second-order valence-electron chi connectivity index (χ2n) is 5.47. The van der Waals surface area contributed by atoms with Crippen LogP contribution in [0.15, 0.2) is 35.1 Å². The number of halogens is 1. The van der Waals surface area contributed by atoms with Crippen molar-refractivity contribution >= 4 is 29.2 Å². The maximum Gasteiger partial charge on any atom is 0.248 e. The van der Waals surface area contributed by atoms with E-state index in [0.29, 0.717) is 6.54 Å². The van der Waals surface area contributed by atoms with Gasteiger partial charge < -0.3 is 15.6 Å². The van der Waals surface area contributed by atoms with Crippen LogP contribution in [0.1, 0.15) is 18.4 Å². The first-order chi connectivity index (χ1) is 10.2. The van der Waals surface area contributed by atoms with Gasteiger partial charge in [-0.3, -0.25) is 9.59 Å². The lowest BCUT2D eigenvalue weighted by Gasteiger charge is -2.22. The Kier molecular flexibility index (Phi) is 5.57. The van der Waals surface area contributed by atoms with Gasteiger partial charge in [-0.1, -0.05) is 18.2 Å². The summed E-state index contributed by atoms with van der Waals surface area (Å²) in [5.74, 6) is 0.0959. The van der Waals surface area contributed by atoms with E-state index in [1.54, 1.807) is 6.07 Å². The van der Waals surface area contributed by atoms with Crippen molar-refractivity contribution in [2.75, 3.05) is 13.1 Å². The first-order valence-electron chi connectivity index (χ1n) is 7.33. The van der Waals surface area contributed by atoms with Crippen LogP contribution in [0.25, 0.3) is 10.9 Å². The number of para-hydroxylation sites is 1. The molecule has 1 aromatic carbocycles. The zero-order chi connectivity index (χ0) is 14.7. The highest BCUT2D eigenvalue weighted by Crippen LogP contribution is 2.15. The zero-order valence-electron chi connectivity index (χ0n) is 12.2. The average Bonchev–Trinajstić information content (AvgIpc) is 2.53. The number of fused-ring (bicyclic) bond motifs is 1. The number of nitrogens with one attached hydrogen (secondary N) is 3. The molecule has 118 valence electrons. The molecule has 1 aromatic heterocycles. The molecule has 6 heteroatoms. The molecule has 2 aromatic rings. The SMILES string of the molecule is Cl.O=C(NCc1cc(=O)[nH]c2ccccc12)C1CCCNC1. The van der Waals surface area contributed by atoms with E-state index in [1.165, 1.54) is 0 Å². The lowest BCUT2D eigenvalue weighted by molar-refractivity contribution is -0.125. The number of aromatic nitrogens is 1. The fourth-order valence-electron chi connectivity index (χ4n) is 2.83. The molecule has 0 radical (unpaired) electrons. The third-order valence-electron chi connectivity index (χ3n) is 3.96. The molecule has 0 bridgehead atoms. The van der Waals surface area contributed by atoms with E-state index in [0.717, 1.165) is 42.4 Å². The van der Waals surface area contributed by atoms with Crippen molar-refractivity contribution < 1.29 is 4.79 Å². The molecule has 1 amide bonds. The average molecular weight is 322 g/mol. The summed E-state index contributed by atoms with van der Waals surface area (Å²) >= 11 is 0. The zero-order valence-corrected chi connectivity index (χ0v) is 13.0. The second-order valence-corrected chi connectivity index (χ2v) is 5.47. The largest absolute Gasteiger partial charge is 0.352 e. The smallest absolute Gasteiger partial charge is 0.248 e. The van der Waals surface area contributed by atoms with Crippen LogP contribution in [0.3, 0.4) is 0 Å². The minimum Gasteiger partial charge on any atom is -0.352 e. The van der Waals surface area contributed by atoms with Gasteiger partial charge in [0.05, 0.1) is 5.92 Å². The maximum atomic E-state index is 12.2.